The van der Waals surface area contributed by atoms with Crippen molar-refractivity contribution in [2.24, 2.45) is 0 Å². The van der Waals surface area contributed by atoms with E-state index < -0.39 is 17.3 Å². The number of rotatable bonds is 45. The Morgan fingerprint density at radius 2 is 0.919 bits per heavy atom. The van der Waals surface area contributed by atoms with Crippen LogP contribution in [-0.2, 0) is 94.3 Å². The Morgan fingerprint density at radius 3 is 1.19 bits per heavy atom. The molecule has 0 spiro atoms. The Bertz CT molecular complexity index is 1110. The van der Waals surface area contributed by atoms with Gasteiger partial charge in [-0.25, -0.2) is 0 Å². The molecule has 27 heteroatoms. The first kappa shape index (κ1) is 98.8. The molecule has 0 saturated carbocycles. The van der Waals surface area contributed by atoms with E-state index in [1.54, 1.807) is 6.92 Å². The second kappa shape index (κ2) is 94.9. The Hall–Kier alpha value is 2.70. The largest absolute Gasteiger partial charge is 1.00 e. The van der Waals surface area contributed by atoms with Crippen molar-refractivity contribution < 1.29 is 171 Å². The molecule has 0 amide bonds. The number of thiol groups is 3. The molecule has 444 valence electrons. The van der Waals surface area contributed by atoms with Gasteiger partial charge in [0.15, 0.2) is 5.12 Å². The van der Waals surface area contributed by atoms with Crippen molar-refractivity contribution in [1.29, 1.82) is 0 Å². The zero-order chi connectivity index (χ0) is 54.0. The van der Waals surface area contributed by atoms with Crippen molar-refractivity contribution in [3.63, 3.8) is 0 Å². The molecule has 0 radical (unpaired) electrons. The van der Waals surface area contributed by atoms with E-state index in [9.17, 15) is 22.4 Å². The number of carbonyl (C=O) groups excluding carboxylic acids is 3. The summed E-state index contributed by atoms with van der Waals surface area (Å²) in [5.41, 5.74) is 0. The van der Waals surface area contributed by atoms with E-state index in [1.165, 1.54) is 25.0 Å². The van der Waals surface area contributed by atoms with Crippen LogP contribution in [-0.4, -0.2) is 213 Å². The number of thioether (sulfide) groups is 1. The van der Waals surface area contributed by atoms with Gasteiger partial charge in [-0.15, -0.1) is 12.4 Å². The second-order valence-electron chi connectivity index (χ2n) is 13.9. The topological polar surface area (TPSA) is 226 Å². The maximum Gasteiger partial charge on any atom is 1.00 e. The number of ether oxygens (including phenoxy) is 11. The molecule has 18 nitrogen and oxygen atoms in total. The summed E-state index contributed by atoms with van der Waals surface area (Å²) in [6.45, 7) is 27.5. The quantitative estimate of drug-likeness (QED) is 0.0168. The molecule has 3 atom stereocenters. The predicted molar refractivity (Wildman–Crippen MR) is 301 cm³/mol. The summed E-state index contributed by atoms with van der Waals surface area (Å²) in [6, 6.07) is 0. The molecular formula is C47H101ClFKNaO18S5-. The van der Waals surface area contributed by atoms with Gasteiger partial charge in [0.25, 0.3) is 10.1 Å². The van der Waals surface area contributed by atoms with Gasteiger partial charge in [0.2, 0.25) is 0 Å². The molecule has 0 bridgehead atoms. The molecule has 0 heterocycles. The van der Waals surface area contributed by atoms with Crippen LogP contribution in [0.2, 0.25) is 0 Å². The van der Waals surface area contributed by atoms with Gasteiger partial charge in [0.05, 0.1) is 99.2 Å². The fourth-order valence-corrected chi connectivity index (χ4v) is 5.58. The van der Waals surface area contributed by atoms with E-state index in [0.29, 0.717) is 105 Å². The number of hydrogen-bond donors (Lipinski definition) is 2. The molecule has 0 aromatic heterocycles. The van der Waals surface area contributed by atoms with Gasteiger partial charge in [0, 0.05) is 85.2 Å². The van der Waals surface area contributed by atoms with Crippen molar-refractivity contribution in [2.45, 2.75) is 125 Å². The number of alkyl halides is 1. The van der Waals surface area contributed by atoms with E-state index in [1.807, 2.05) is 27.7 Å². The first-order valence-electron chi connectivity index (χ1n) is 24.6. The molecule has 0 aromatic carbocycles. The maximum absolute atomic E-state index is 10.6. The van der Waals surface area contributed by atoms with Crippen LogP contribution in [0.15, 0.2) is 0 Å². The standard InChI is InChI=1S/C13H26O4S.C12H26O6S.C11H24O3S.C8H16O3S.C2H3O.CH3F.ClH.K.Na.H2O.H2S/c1-4-17-12(2)6-8-16-10-9-15-7-5-11-18-13(3)14;1-4-17-12(2)6-9-16-11-10-15-7-5-8-18-19(3,13)14;1-3-14-11(2)5-7-13-9-8-12-6-4-10-15;9-3-1-4-10-6-7-11-5-2-8-12;1-2-3;1-2;;;;;/h12H,4-11H2,1-3H3;12H,4-11H2,1-3H3;11,15H,3-10H2,1-2H3;3,12H,1-2,4-8H2;1H3;1H3;1H;;;2*1H2/q;;;;-1;;;2*+1;;/p-2/i;;;;;1D;;;;;. The average Bonchev–Trinajstić information content (AvgIpc) is 3.30. The van der Waals surface area contributed by atoms with Crippen molar-refractivity contribution in [3.05, 3.63) is 0 Å². The number of hydrogen-bond acceptors (Lipinski definition) is 22. The minimum Gasteiger partial charge on any atom is -0.870 e. The van der Waals surface area contributed by atoms with Crippen LogP contribution in [0.3, 0.4) is 0 Å². The molecule has 3 unspecified atom stereocenters. The van der Waals surface area contributed by atoms with Gasteiger partial charge in [-0.05, 0) is 98.0 Å². The SMILES string of the molecule is CCOC(C)CCOCCOCCCOS(C)(=O)=O.CCOC(C)CCOCCOCCCS.CCOC(C)CCOCCOCCCSC(C)=O.C[C-]=O.Cl.O=CCCOCCOCCCS.[2H]CF.[K+].[Na+].[OH-].[SH-]. The summed E-state index contributed by atoms with van der Waals surface area (Å²) >= 11 is 9.48. The number of carbonyl (C=O) groups is 2. The van der Waals surface area contributed by atoms with Crippen molar-refractivity contribution in [3.8, 4) is 0 Å². The summed E-state index contributed by atoms with van der Waals surface area (Å²) in [5, 5.41) is 0.168. The summed E-state index contributed by atoms with van der Waals surface area (Å²) in [7, 11) is -4.33. The van der Waals surface area contributed by atoms with Crippen LogP contribution in [0.4, 0.5) is 4.39 Å². The van der Waals surface area contributed by atoms with Gasteiger partial charge < -0.3 is 80.7 Å². The van der Waals surface area contributed by atoms with Gasteiger partial charge in [-0.2, -0.15) is 40.6 Å². The Morgan fingerprint density at radius 1 is 0.635 bits per heavy atom. The molecular weight excluding hydrogens is 1130 g/mol. The number of halogens is 2. The van der Waals surface area contributed by atoms with E-state index >= 15 is 0 Å². The zero-order valence-corrected chi connectivity index (χ0v) is 57.5. The van der Waals surface area contributed by atoms with Gasteiger partial charge in [-0.1, -0.05) is 11.8 Å². The van der Waals surface area contributed by atoms with E-state index in [0.717, 1.165) is 108 Å². The average molecular weight is 1230 g/mol. The van der Waals surface area contributed by atoms with E-state index in [2.05, 4.69) is 43.3 Å². The van der Waals surface area contributed by atoms with Crippen molar-refractivity contribution >= 4 is 90.7 Å². The summed E-state index contributed by atoms with van der Waals surface area (Å²) in [5.74, 6) is 2.57. The monoisotopic (exact) mass is 1230 g/mol. The molecule has 0 aliphatic carbocycles. The van der Waals surface area contributed by atoms with Crippen molar-refractivity contribution in [1.82, 2.24) is 0 Å². The summed E-state index contributed by atoms with van der Waals surface area (Å²) in [4.78, 5) is 29.2. The first-order valence-corrected chi connectivity index (χ1v) is 28.0. The Labute approximate surface area is 543 Å². The zero-order valence-electron chi connectivity index (χ0n) is 48.3. The smallest absolute Gasteiger partial charge is 0.870 e. The summed E-state index contributed by atoms with van der Waals surface area (Å²) in [6.07, 6.45) is 10.8. The third-order valence-corrected chi connectivity index (χ3v) is 9.72. The van der Waals surface area contributed by atoms with Crippen molar-refractivity contribution in [2.75, 3.05) is 163 Å². The van der Waals surface area contributed by atoms with Crippen LogP contribution in [0.1, 0.15) is 108 Å². The third kappa shape index (κ3) is 122. The predicted octanol–water partition coefficient (Wildman–Crippen LogP) is 1.47. The van der Waals surface area contributed by atoms with Gasteiger partial charge in [-0.3, -0.25) is 19.7 Å². The van der Waals surface area contributed by atoms with Gasteiger partial charge in [0.1, 0.15) is 6.29 Å². The Kier molecular flexibility index (Phi) is 127. The maximum atomic E-state index is 10.6. The Balaban J connectivity index is -0.0000000770. The molecule has 74 heavy (non-hydrogen) atoms. The third-order valence-electron chi connectivity index (χ3n) is 7.59. The minimum atomic E-state index is -3.33. The molecule has 0 aliphatic rings. The van der Waals surface area contributed by atoms with E-state index in [4.69, 9.17) is 58.3 Å². The van der Waals surface area contributed by atoms with Crippen LogP contribution in [0.25, 0.3) is 0 Å². The van der Waals surface area contributed by atoms with Crippen LogP contribution in [0, 0.1) is 0 Å². The minimum absolute atomic E-state index is 0. The molecule has 0 aromatic rings. The molecule has 0 rings (SSSR count). The van der Waals surface area contributed by atoms with E-state index in [-0.39, 0.29) is 136 Å². The van der Waals surface area contributed by atoms with Crippen LogP contribution < -0.4 is 80.9 Å². The first-order chi connectivity index (χ1) is 33.7. The fraction of sp³-hybridized carbons (Fsp3) is 0.936. The van der Waals surface area contributed by atoms with Crippen LogP contribution >= 0.6 is 49.4 Å². The van der Waals surface area contributed by atoms with Gasteiger partial charge >= 0.3 is 80.9 Å². The van der Waals surface area contributed by atoms with Crippen LogP contribution in [0.5, 0.6) is 0 Å². The molecule has 0 aliphatic heterocycles. The second-order valence-corrected chi connectivity index (χ2v) is 17.8. The molecule has 0 fully saturated rings. The molecule has 0 saturated heterocycles. The normalized spacial score (nSPS) is 11.3. The summed E-state index contributed by atoms with van der Waals surface area (Å²) < 4.78 is 100.0. The number of aldehydes is 1. The fourth-order valence-electron chi connectivity index (χ4n) is 4.35. The molecule has 1 N–H and O–H groups in total.